The van der Waals surface area contributed by atoms with Gasteiger partial charge in [-0.05, 0) is 30.9 Å². The number of hydrogen-bond donors (Lipinski definition) is 1. The largest absolute Gasteiger partial charge is 0.381 e. The summed E-state index contributed by atoms with van der Waals surface area (Å²) in [5.41, 5.74) is 3.07. The molecule has 0 spiro atoms. The summed E-state index contributed by atoms with van der Waals surface area (Å²) in [5, 5.41) is 0. The van der Waals surface area contributed by atoms with E-state index in [-0.39, 0.29) is 0 Å². The van der Waals surface area contributed by atoms with Crippen molar-refractivity contribution in [1.29, 1.82) is 0 Å². The van der Waals surface area contributed by atoms with Crippen LogP contribution in [0.3, 0.4) is 0 Å². The van der Waals surface area contributed by atoms with E-state index in [1.165, 1.54) is 5.56 Å². The second kappa shape index (κ2) is 5.68. The number of amides is 1. The summed E-state index contributed by atoms with van der Waals surface area (Å²) >= 11 is 0. The Kier molecular flexibility index (Phi) is 3.54. The molecule has 6 nitrogen and oxygen atoms in total. The molecule has 2 aliphatic rings. The van der Waals surface area contributed by atoms with Gasteiger partial charge in [0.15, 0.2) is 5.65 Å². The standard InChI is InChI=1S/C16H20N4O2/c21-10-20-6-2-12(9-20)13-1-5-17-16-14(13)18-15(19-16)11-3-7-22-8-4-11/h1,5,10-12H,2-4,6-9H2,(H,17,18,19)/t12-/m1/s1. The highest BCUT2D eigenvalue weighted by Crippen LogP contribution is 2.32. The molecule has 1 atom stereocenters. The number of aromatic amines is 1. The van der Waals surface area contributed by atoms with Crippen molar-refractivity contribution in [2.45, 2.75) is 31.1 Å². The van der Waals surface area contributed by atoms with Gasteiger partial charge in [-0.15, -0.1) is 0 Å². The smallest absolute Gasteiger partial charge is 0.209 e. The summed E-state index contributed by atoms with van der Waals surface area (Å²) in [6, 6.07) is 2.06. The molecule has 6 heteroatoms. The number of nitrogens with one attached hydrogen (secondary N) is 1. The Morgan fingerprint density at radius 2 is 2.14 bits per heavy atom. The van der Waals surface area contributed by atoms with Crippen LogP contribution in [0.2, 0.25) is 0 Å². The maximum absolute atomic E-state index is 10.9. The van der Waals surface area contributed by atoms with Gasteiger partial charge in [0.1, 0.15) is 5.82 Å². The third kappa shape index (κ3) is 2.37. The van der Waals surface area contributed by atoms with Crippen molar-refractivity contribution in [2.75, 3.05) is 26.3 Å². The number of aromatic nitrogens is 3. The van der Waals surface area contributed by atoms with Gasteiger partial charge in [0, 0.05) is 44.3 Å². The molecule has 0 aromatic carbocycles. The van der Waals surface area contributed by atoms with Gasteiger partial charge in [0.25, 0.3) is 0 Å². The normalized spacial score (nSPS) is 23.3. The Labute approximate surface area is 128 Å². The van der Waals surface area contributed by atoms with Crippen LogP contribution in [-0.2, 0) is 9.53 Å². The summed E-state index contributed by atoms with van der Waals surface area (Å²) in [7, 11) is 0. The molecule has 1 N–H and O–H groups in total. The summed E-state index contributed by atoms with van der Waals surface area (Å²) in [5.74, 6) is 1.84. The Bertz CT molecular complexity index is 678. The zero-order valence-corrected chi connectivity index (χ0v) is 12.5. The monoisotopic (exact) mass is 300 g/mol. The molecule has 22 heavy (non-hydrogen) atoms. The van der Waals surface area contributed by atoms with Crippen molar-refractivity contribution >= 4 is 17.6 Å². The van der Waals surface area contributed by atoms with Crippen molar-refractivity contribution in [1.82, 2.24) is 19.9 Å². The number of likely N-dealkylation sites (tertiary alicyclic amines) is 1. The van der Waals surface area contributed by atoms with Crippen molar-refractivity contribution in [2.24, 2.45) is 0 Å². The number of ether oxygens (including phenoxy) is 1. The van der Waals surface area contributed by atoms with Crippen molar-refractivity contribution < 1.29 is 9.53 Å². The average molecular weight is 300 g/mol. The quantitative estimate of drug-likeness (QED) is 0.877. The number of H-pyrrole nitrogens is 1. The summed E-state index contributed by atoms with van der Waals surface area (Å²) in [4.78, 5) is 25.4. The lowest BCUT2D eigenvalue weighted by Gasteiger charge is -2.19. The van der Waals surface area contributed by atoms with Crippen LogP contribution in [0.1, 0.15) is 42.5 Å². The van der Waals surface area contributed by atoms with E-state index in [9.17, 15) is 4.79 Å². The average Bonchev–Trinajstić information content (AvgIpc) is 3.22. The van der Waals surface area contributed by atoms with Crippen molar-refractivity contribution in [3.05, 3.63) is 23.7 Å². The fourth-order valence-corrected chi connectivity index (χ4v) is 3.59. The number of fused-ring (bicyclic) bond motifs is 1. The first-order valence-electron chi connectivity index (χ1n) is 7.97. The molecule has 0 aliphatic carbocycles. The van der Waals surface area contributed by atoms with Crippen LogP contribution in [-0.4, -0.2) is 52.6 Å². The van der Waals surface area contributed by atoms with E-state index in [4.69, 9.17) is 9.72 Å². The van der Waals surface area contributed by atoms with E-state index in [1.807, 2.05) is 11.1 Å². The SMILES string of the molecule is O=CN1CC[C@@H](c2ccnc3nc(C4CCOCC4)[nH]c23)C1. The van der Waals surface area contributed by atoms with Gasteiger partial charge in [-0.3, -0.25) is 4.79 Å². The maximum atomic E-state index is 10.9. The molecule has 116 valence electrons. The molecule has 4 heterocycles. The van der Waals surface area contributed by atoms with E-state index in [2.05, 4.69) is 16.0 Å². The Morgan fingerprint density at radius 3 is 2.91 bits per heavy atom. The maximum Gasteiger partial charge on any atom is 0.209 e. The minimum absolute atomic E-state index is 0.374. The highest BCUT2D eigenvalue weighted by atomic mass is 16.5. The van der Waals surface area contributed by atoms with Gasteiger partial charge in [-0.1, -0.05) is 0 Å². The molecule has 2 fully saturated rings. The first-order chi connectivity index (χ1) is 10.8. The van der Waals surface area contributed by atoms with E-state index in [0.29, 0.717) is 11.8 Å². The van der Waals surface area contributed by atoms with E-state index >= 15 is 0 Å². The molecule has 0 unspecified atom stereocenters. The molecule has 2 aliphatic heterocycles. The minimum Gasteiger partial charge on any atom is -0.381 e. The first kappa shape index (κ1) is 13.7. The van der Waals surface area contributed by atoms with Crippen LogP contribution in [0.4, 0.5) is 0 Å². The number of carbonyl (C=O) groups excluding carboxylic acids is 1. The molecule has 0 radical (unpaired) electrons. The zero-order valence-electron chi connectivity index (χ0n) is 12.5. The Hall–Kier alpha value is -1.95. The molecular formula is C16H20N4O2. The predicted molar refractivity (Wildman–Crippen MR) is 81.7 cm³/mol. The van der Waals surface area contributed by atoms with Gasteiger partial charge in [-0.2, -0.15) is 0 Å². The van der Waals surface area contributed by atoms with Crippen LogP contribution < -0.4 is 0 Å². The summed E-state index contributed by atoms with van der Waals surface area (Å²) in [6.45, 7) is 3.23. The molecular weight excluding hydrogens is 280 g/mol. The van der Waals surface area contributed by atoms with Gasteiger partial charge in [0.2, 0.25) is 6.41 Å². The fraction of sp³-hybridized carbons (Fsp3) is 0.562. The van der Waals surface area contributed by atoms with E-state index in [0.717, 1.165) is 69.0 Å². The van der Waals surface area contributed by atoms with Crippen LogP contribution in [0, 0.1) is 0 Å². The molecule has 2 aromatic heterocycles. The molecule has 0 saturated carbocycles. The van der Waals surface area contributed by atoms with Crippen LogP contribution in [0.25, 0.3) is 11.2 Å². The van der Waals surface area contributed by atoms with Crippen LogP contribution in [0.5, 0.6) is 0 Å². The topological polar surface area (TPSA) is 71.1 Å². The lowest BCUT2D eigenvalue weighted by Crippen LogP contribution is -2.17. The lowest BCUT2D eigenvalue weighted by molar-refractivity contribution is -0.117. The number of imidazole rings is 1. The number of rotatable bonds is 3. The molecule has 2 saturated heterocycles. The number of pyridine rings is 1. The number of hydrogen-bond acceptors (Lipinski definition) is 4. The molecule has 4 rings (SSSR count). The zero-order chi connectivity index (χ0) is 14.9. The molecule has 2 aromatic rings. The number of nitrogens with zero attached hydrogens (tertiary/aromatic N) is 3. The third-order valence-electron chi connectivity index (χ3n) is 4.86. The summed E-state index contributed by atoms with van der Waals surface area (Å²) < 4.78 is 5.43. The number of carbonyl (C=O) groups is 1. The molecule has 0 bridgehead atoms. The Balaban J connectivity index is 1.67. The summed E-state index contributed by atoms with van der Waals surface area (Å²) in [6.07, 6.45) is 5.80. The van der Waals surface area contributed by atoms with E-state index < -0.39 is 0 Å². The van der Waals surface area contributed by atoms with E-state index in [1.54, 1.807) is 0 Å². The second-order valence-corrected chi connectivity index (χ2v) is 6.19. The Morgan fingerprint density at radius 1 is 1.27 bits per heavy atom. The van der Waals surface area contributed by atoms with Gasteiger partial charge >= 0.3 is 0 Å². The molecule has 1 amide bonds. The highest BCUT2D eigenvalue weighted by molar-refractivity contribution is 5.75. The van der Waals surface area contributed by atoms with Crippen LogP contribution in [0.15, 0.2) is 12.3 Å². The van der Waals surface area contributed by atoms with Crippen molar-refractivity contribution in [3.8, 4) is 0 Å². The van der Waals surface area contributed by atoms with Crippen molar-refractivity contribution in [3.63, 3.8) is 0 Å². The lowest BCUT2D eigenvalue weighted by atomic mass is 9.98. The van der Waals surface area contributed by atoms with Crippen LogP contribution >= 0.6 is 0 Å². The first-order valence-corrected chi connectivity index (χ1v) is 7.97. The minimum atomic E-state index is 0.374. The van der Waals surface area contributed by atoms with Gasteiger partial charge in [0.05, 0.1) is 5.52 Å². The van der Waals surface area contributed by atoms with Gasteiger partial charge in [-0.25, -0.2) is 9.97 Å². The van der Waals surface area contributed by atoms with Gasteiger partial charge < -0.3 is 14.6 Å². The second-order valence-electron chi connectivity index (χ2n) is 6.19. The fourth-order valence-electron chi connectivity index (χ4n) is 3.59. The third-order valence-corrected chi connectivity index (χ3v) is 4.86. The highest BCUT2D eigenvalue weighted by Gasteiger charge is 2.26. The predicted octanol–water partition coefficient (Wildman–Crippen LogP) is 1.80.